The van der Waals surface area contributed by atoms with E-state index in [1.54, 1.807) is 11.3 Å². The van der Waals surface area contributed by atoms with Crippen LogP contribution in [-0.2, 0) is 0 Å². The van der Waals surface area contributed by atoms with E-state index in [1.165, 1.54) is 37.9 Å². The second kappa shape index (κ2) is 10.8. The molecule has 2 heterocycles. The Kier molecular flexibility index (Phi) is 6.36. The van der Waals surface area contributed by atoms with Crippen molar-refractivity contribution in [2.45, 2.75) is 0 Å². The van der Waals surface area contributed by atoms with Gasteiger partial charge in [0, 0.05) is 26.6 Å². The van der Waals surface area contributed by atoms with Crippen molar-refractivity contribution in [3.63, 3.8) is 0 Å². The standard InChI is InChI=1S/C40H26N2S/c1-4-12-27(13-5-1)32-24-33(28-14-6-2-7-15-28)26-34(25-32)29-20-22-31(23-21-29)39-41-38(30-16-8-3-9-17-30)37-35-18-10-11-19-36(35)43-40(37)42-39/h1-26H. The van der Waals surface area contributed by atoms with Crippen LogP contribution in [0.25, 0.3) is 76.3 Å². The first-order chi connectivity index (χ1) is 21.3. The van der Waals surface area contributed by atoms with Crippen molar-refractivity contribution in [3.05, 3.63) is 158 Å². The summed E-state index contributed by atoms with van der Waals surface area (Å²) in [5.41, 5.74) is 10.2. The molecule has 0 bridgehead atoms. The van der Waals surface area contributed by atoms with Crippen LogP contribution in [0.4, 0.5) is 0 Å². The summed E-state index contributed by atoms with van der Waals surface area (Å²) >= 11 is 1.73. The van der Waals surface area contributed by atoms with Gasteiger partial charge >= 0.3 is 0 Å². The summed E-state index contributed by atoms with van der Waals surface area (Å²) in [6.45, 7) is 0. The number of hydrogen-bond donors (Lipinski definition) is 0. The number of fused-ring (bicyclic) bond motifs is 3. The lowest BCUT2D eigenvalue weighted by atomic mass is 9.93. The molecule has 0 saturated heterocycles. The fourth-order valence-electron chi connectivity index (χ4n) is 5.76. The molecule has 0 saturated carbocycles. The predicted octanol–water partition coefficient (Wildman–Crippen LogP) is 11.2. The summed E-state index contributed by atoms with van der Waals surface area (Å²) in [7, 11) is 0. The Hall–Kier alpha value is -5.38. The van der Waals surface area contributed by atoms with Crippen LogP contribution in [0.5, 0.6) is 0 Å². The van der Waals surface area contributed by atoms with Crippen molar-refractivity contribution in [1.29, 1.82) is 0 Å². The fraction of sp³-hybridized carbons (Fsp3) is 0. The van der Waals surface area contributed by atoms with E-state index in [9.17, 15) is 0 Å². The highest BCUT2D eigenvalue weighted by Gasteiger charge is 2.17. The zero-order chi connectivity index (χ0) is 28.6. The van der Waals surface area contributed by atoms with Crippen LogP contribution < -0.4 is 0 Å². The Morgan fingerprint density at radius 3 is 1.42 bits per heavy atom. The lowest BCUT2D eigenvalue weighted by molar-refractivity contribution is 1.24. The quantitative estimate of drug-likeness (QED) is 0.207. The van der Waals surface area contributed by atoms with Gasteiger partial charge < -0.3 is 0 Å². The Balaban J connectivity index is 1.24. The second-order valence-electron chi connectivity index (χ2n) is 10.6. The molecule has 0 atom stereocenters. The Morgan fingerprint density at radius 2 is 0.837 bits per heavy atom. The summed E-state index contributed by atoms with van der Waals surface area (Å²) in [6.07, 6.45) is 0. The summed E-state index contributed by atoms with van der Waals surface area (Å²) < 4.78 is 1.23. The molecule has 2 nitrogen and oxygen atoms in total. The maximum atomic E-state index is 5.17. The molecule has 6 aromatic carbocycles. The minimum atomic E-state index is 0.743. The first-order valence-corrected chi connectivity index (χ1v) is 15.2. The minimum absolute atomic E-state index is 0.743. The Morgan fingerprint density at radius 1 is 0.372 bits per heavy atom. The largest absolute Gasteiger partial charge is 0.227 e. The zero-order valence-corrected chi connectivity index (χ0v) is 24.1. The molecular weight excluding hydrogens is 541 g/mol. The topological polar surface area (TPSA) is 25.8 Å². The van der Waals surface area contributed by atoms with Gasteiger partial charge in [0.2, 0.25) is 0 Å². The highest BCUT2D eigenvalue weighted by molar-refractivity contribution is 7.25. The van der Waals surface area contributed by atoms with Crippen LogP contribution in [0.2, 0.25) is 0 Å². The lowest BCUT2D eigenvalue weighted by Crippen LogP contribution is -1.93. The Labute approximate surface area is 254 Å². The van der Waals surface area contributed by atoms with Gasteiger partial charge in [0.15, 0.2) is 5.82 Å². The highest BCUT2D eigenvalue weighted by Crippen LogP contribution is 2.40. The van der Waals surface area contributed by atoms with Crippen LogP contribution >= 0.6 is 11.3 Å². The van der Waals surface area contributed by atoms with Gasteiger partial charge in [0.25, 0.3) is 0 Å². The molecule has 2 aromatic heterocycles. The van der Waals surface area contributed by atoms with Gasteiger partial charge in [-0.05, 0) is 57.6 Å². The van der Waals surface area contributed by atoms with E-state index in [0.717, 1.165) is 38.4 Å². The summed E-state index contributed by atoms with van der Waals surface area (Å²) in [4.78, 5) is 11.3. The van der Waals surface area contributed by atoms with E-state index in [0.29, 0.717) is 0 Å². The Bertz CT molecular complexity index is 2140. The van der Waals surface area contributed by atoms with Gasteiger partial charge in [-0.25, -0.2) is 9.97 Å². The third kappa shape index (κ3) is 4.80. The van der Waals surface area contributed by atoms with E-state index < -0.39 is 0 Å². The number of nitrogens with zero attached hydrogens (tertiary/aromatic N) is 2. The highest BCUT2D eigenvalue weighted by atomic mass is 32.1. The van der Waals surface area contributed by atoms with Gasteiger partial charge in [-0.2, -0.15) is 0 Å². The van der Waals surface area contributed by atoms with E-state index in [-0.39, 0.29) is 0 Å². The molecule has 8 rings (SSSR count). The van der Waals surface area contributed by atoms with Gasteiger partial charge in [0.1, 0.15) is 4.83 Å². The maximum absolute atomic E-state index is 5.17. The fourth-order valence-corrected chi connectivity index (χ4v) is 6.83. The molecule has 0 fully saturated rings. The van der Waals surface area contributed by atoms with Crippen molar-refractivity contribution >= 4 is 31.6 Å². The molecule has 43 heavy (non-hydrogen) atoms. The molecule has 0 aliphatic carbocycles. The second-order valence-corrected chi connectivity index (χ2v) is 11.7. The smallest absolute Gasteiger partial charge is 0.161 e. The van der Waals surface area contributed by atoms with Crippen LogP contribution in [0.1, 0.15) is 0 Å². The van der Waals surface area contributed by atoms with Crippen LogP contribution in [0, 0.1) is 0 Å². The number of benzene rings is 6. The van der Waals surface area contributed by atoms with Crippen LogP contribution in [0.15, 0.2) is 158 Å². The van der Waals surface area contributed by atoms with E-state index >= 15 is 0 Å². The SMILES string of the molecule is c1ccc(-c2cc(-c3ccccc3)cc(-c3ccc(-c4nc(-c5ccccc5)c5c(n4)sc4ccccc45)cc3)c2)cc1. The van der Waals surface area contributed by atoms with Gasteiger partial charge in [0.05, 0.1) is 5.69 Å². The molecule has 0 aliphatic heterocycles. The number of thiophene rings is 1. The first-order valence-electron chi connectivity index (χ1n) is 14.4. The van der Waals surface area contributed by atoms with E-state index in [2.05, 4.69) is 152 Å². The minimum Gasteiger partial charge on any atom is -0.227 e. The number of hydrogen-bond acceptors (Lipinski definition) is 3. The molecule has 0 aliphatic rings. The molecule has 0 unspecified atom stereocenters. The van der Waals surface area contributed by atoms with E-state index in [1.807, 2.05) is 6.07 Å². The first kappa shape index (κ1) is 25.3. The average molecular weight is 567 g/mol. The molecule has 0 radical (unpaired) electrons. The van der Waals surface area contributed by atoms with Crippen molar-refractivity contribution in [1.82, 2.24) is 9.97 Å². The van der Waals surface area contributed by atoms with Crippen molar-refractivity contribution in [2.24, 2.45) is 0 Å². The van der Waals surface area contributed by atoms with Crippen molar-refractivity contribution in [2.75, 3.05) is 0 Å². The zero-order valence-electron chi connectivity index (χ0n) is 23.3. The molecular formula is C40H26N2S. The molecule has 0 spiro atoms. The van der Waals surface area contributed by atoms with Crippen LogP contribution in [0.3, 0.4) is 0 Å². The lowest BCUT2D eigenvalue weighted by Gasteiger charge is -2.12. The molecule has 0 amide bonds. The van der Waals surface area contributed by atoms with Gasteiger partial charge in [-0.15, -0.1) is 11.3 Å². The van der Waals surface area contributed by atoms with Gasteiger partial charge in [-0.3, -0.25) is 0 Å². The molecule has 0 N–H and O–H groups in total. The van der Waals surface area contributed by atoms with Crippen molar-refractivity contribution < 1.29 is 0 Å². The van der Waals surface area contributed by atoms with Crippen molar-refractivity contribution in [3.8, 4) is 56.0 Å². The normalized spacial score (nSPS) is 11.3. The monoisotopic (exact) mass is 566 g/mol. The maximum Gasteiger partial charge on any atom is 0.161 e. The third-order valence-corrected chi connectivity index (χ3v) is 8.97. The summed E-state index contributed by atoms with van der Waals surface area (Å²) in [6, 6.07) is 55.6. The molecule has 202 valence electrons. The van der Waals surface area contributed by atoms with E-state index in [4.69, 9.17) is 9.97 Å². The molecule has 8 aromatic rings. The molecule has 3 heteroatoms. The van der Waals surface area contributed by atoms with Gasteiger partial charge in [-0.1, -0.05) is 133 Å². The number of aromatic nitrogens is 2. The average Bonchev–Trinajstić information content (AvgIpc) is 3.47. The van der Waals surface area contributed by atoms with Crippen LogP contribution in [-0.4, -0.2) is 9.97 Å². The summed E-state index contributed by atoms with van der Waals surface area (Å²) in [5, 5.41) is 2.33. The third-order valence-electron chi connectivity index (χ3n) is 7.91. The number of rotatable bonds is 5. The predicted molar refractivity (Wildman–Crippen MR) is 182 cm³/mol. The summed E-state index contributed by atoms with van der Waals surface area (Å²) in [5.74, 6) is 0.743.